The van der Waals surface area contributed by atoms with Crippen molar-refractivity contribution in [2.24, 2.45) is 5.92 Å². The average Bonchev–Trinajstić information content (AvgIpc) is 3.12. The van der Waals surface area contributed by atoms with E-state index in [-0.39, 0.29) is 0 Å². The Balaban J connectivity index is 1.59. The van der Waals surface area contributed by atoms with E-state index < -0.39 is 0 Å². The molecule has 18 heavy (non-hydrogen) atoms. The molecule has 0 aromatic carbocycles. The molecule has 1 heterocycles. The smallest absolute Gasteiger partial charge is 0.0309 e. The summed E-state index contributed by atoms with van der Waals surface area (Å²) in [6, 6.07) is 0.869. The molecule has 1 saturated heterocycles. The molecule has 0 bridgehead atoms. The third-order valence-electron chi connectivity index (χ3n) is 5.44. The van der Waals surface area contributed by atoms with Crippen molar-refractivity contribution in [2.75, 3.05) is 19.6 Å². The molecule has 2 nitrogen and oxygen atoms in total. The third-order valence-corrected chi connectivity index (χ3v) is 5.44. The number of nitrogens with one attached hydrogen (secondary N) is 1. The van der Waals surface area contributed by atoms with Crippen molar-refractivity contribution in [3.63, 3.8) is 0 Å². The number of hydrogen-bond acceptors (Lipinski definition) is 2. The van der Waals surface area contributed by atoms with Gasteiger partial charge in [-0.1, -0.05) is 32.6 Å². The summed E-state index contributed by atoms with van der Waals surface area (Å²) in [5.74, 6) is 1.03. The molecule has 1 spiro atoms. The normalized spacial score (nSPS) is 32.2. The number of hydrogen-bond donors (Lipinski definition) is 1. The SMILES string of the molecule is CCCCCN1CC2(CCCC2)NCC1C1CC1. The van der Waals surface area contributed by atoms with Crippen LogP contribution >= 0.6 is 0 Å². The molecule has 2 saturated carbocycles. The lowest BCUT2D eigenvalue weighted by Gasteiger charge is -2.47. The van der Waals surface area contributed by atoms with Crippen LogP contribution in [0.2, 0.25) is 0 Å². The Hall–Kier alpha value is -0.0800. The van der Waals surface area contributed by atoms with Gasteiger partial charge < -0.3 is 5.32 Å². The summed E-state index contributed by atoms with van der Waals surface area (Å²) in [5, 5.41) is 3.94. The zero-order valence-electron chi connectivity index (χ0n) is 12.1. The molecule has 3 rings (SSSR count). The fourth-order valence-electron chi connectivity index (χ4n) is 4.15. The summed E-state index contributed by atoms with van der Waals surface area (Å²) in [5.41, 5.74) is 0.512. The third kappa shape index (κ3) is 2.75. The number of rotatable bonds is 5. The van der Waals surface area contributed by atoms with E-state index in [2.05, 4.69) is 17.1 Å². The summed E-state index contributed by atoms with van der Waals surface area (Å²) >= 11 is 0. The summed E-state index contributed by atoms with van der Waals surface area (Å²) < 4.78 is 0. The van der Waals surface area contributed by atoms with Gasteiger partial charge >= 0.3 is 0 Å². The van der Waals surface area contributed by atoms with Crippen molar-refractivity contribution in [2.45, 2.75) is 76.3 Å². The van der Waals surface area contributed by atoms with Gasteiger partial charge in [-0.15, -0.1) is 0 Å². The summed E-state index contributed by atoms with van der Waals surface area (Å²) in [4.78, 5) is 2.87. The maximum Gasteiger partial charge on any atom is 0.0309 e. The van der Waals surface area contributed by atoms with Crippen LogP contribution in [0.5, 0.6) is 0 Å². The highest BCUT2D eigenvalue weighted by atomic mass is 15.3. The fourth-order valence-corrected chi connectivity index (χ4v) is 4.15. The fraction of sp³-hybridized carbons (Fsp3) is 1.00. The molecule has 0 aromatic heterocycles. The van der Waals surface area contributed by atoms with Crippen LogP contribution in [-0.4, -0.2) is 36.1 Å². The molecule has 0 aromatic rings. The average molecular weight is 250 g/mol. The minimum atomic E-state index is 0.512. The van der Waals surface area contributed by atoms with Gasteiger partial charge in [-0.25, -0.2) is 0 Å². The Kier molecular flexibility index (Phi) is 3.95. The molecule has 2 heteroatoms. The summed E-state index contributed by atoms with van der Waals surface area (Å²) in [6.07, 6.45) is 12.9. The van der Waals surface area contributed by atoms with Gasteiger partial charge in [0.25, 0.3) is 0 Å². The molecule has 2 aliphatic carbocycles. The van der Waals surface area contributed by atoms with Crippen molar-refractivity contribution in [1.82, 2.24) is 10.2 Å². The number of nitrogens with zero attached hydrogens (tertiary/aromatic N) is 1. The monoisotopic (exact) mass is 250 g/mol. The molecular weight excluding hydrogens is 220 g/mol. The van der Waals surface area contributed by atoms with E-state index in [0.717, 1.165) is 12.0 Å². The Labute approximate surface area is 113 Å². The van der Waals surface area contributed by atoms with Crippen LogP contribution < -0.4 is 5.32 Å². The first-order chi connectivity index (χ1) is 8.83. The van der Waals surface area contributed by atoms with Gasteiger partial charge in [0.15, 0.2) is 0 Å². The van der Waals surface area contributed by atoms with Gasteiger partial charge in [0.2, 0.25) is 0 Å². The lowest BCUT2D eigenvalue weighted by Crippen LogP contribution is -2.63. The molecule has 1 unspecified atom stereocenters. The molecular formula is C16H30N2. The van der Waals surface area contributed by atoms with Gasteiger partial charge in [0.05, 0.1) is 0 Å². The Morgan fingerprint density at radius 2 is 1.94 bits per heavy atom. The van der Waals surface area contributed by atoms with E-state index in [9.17, 15) is 0 Å². The highest BCUT2D eigenvalue weighted by Gasteiger charge is 2.45. The Morgan fingerprint density at radius 1 is 1.17 bits per heavy atom. The minimum absolute atomic E-state index is 0.512. The zero-order chi connectivity index (χ0) is 12.4. The summed E-state index contributed by atoms with van der Waals surface area (Å²) in [7, 11) is 0. The van der Waals surface area contributed by atoms with E-state index in [1.807, 2.05) is 0 Å². The van der Waals surface area contributed by atoms with Gasteiger partial charge in [-0.05, 0) is 44.6 Å². The van der Waals surface area contributed by atoms with Gasteiger partial charge in [-0.2, -0.15) is 0 Å². The topological polar surface area (TPSA) is 15.3 Å². The van der Waals surface area contributed by atoms with Crippen LogP contribution in [0.15, 0.2) is 0 Å². The molecule has 3 aliphatic rings. The first-order valence-electron chi connectivity index (χ1n) is 8.32. The van der Waals surface area contributed by atoms with E-state index in [0.29, 0.717) is 5.54 Å². The Morgan fingerprint density at radius 3 is 2.61 bits per heavy atom. The van der Waals surface area contributed by atoms with Crippen molar-refractivity contribution >= 4 is 0 Å². The molecule has 1 aliphatic heterocycles. The molecule has 1 N–H and O–H groups in total. The number of piperazine rings is 1. The molecule has 1 atom stereocenters. The molecule has 0 amide bonds. The maximum absolute atomic E-state index is 3.94. The second-order valence-electron chi connectivity index (χ2n) is 6.95. The minimum Gasteiger partial charge on any atom is -0.308 e. The largest absolute Gasteiger partial charge is 0.308 e. The van der Waals surface area contributed by atoms with E-state index in [1.165, 1.54) is 77.4 Å². The first-order valence-corrected chi connectivity index (χ1v) is 8.32. The van der Waals surface area contributed by atoms with Gasteiger partial charge in [0.1, 0.15) is 0 Å². The van der Waals surface area contributed by atoms with Crippen molar-refractivity contribution < 1.29 is 0 Å². The van der Waals surface area contributed by atoms with Gasteiger partial charge in [0, 0.05) is 24.7 Å². The van der Waals surface area contributed by atoms with E-state index in [4.69, 9.17) is 0 Å². The van der Waals surface area contributed by atoms with Crippen molar-refractivity contribution in [3.05, 3.63) is 0 Å². The van der Waals surface area contributed by atoms with Crippen LogP contribution in [0.1, 0.15) is 64.7 Å². The van der Waals surface area contributed by atoms with Crippen LogP contribution in [0.3, 0.4) is 0 Å². The highest BCUT2D eigenvalue weighted by Crippen LogP contribution is 2.40. The Bertz CT molecular complexity index is 266. The molecule has 104 valence electrons. The second kappa shape index (κ2) is 5.50. The number of unbranched alkanes of at least 4 members (excludes halogenated alkanes) is 2. The van der Waals surface area contributed by atoms with Crippen molar-refractivity contribution in [3.8, 4) is 0 Å². The lowest BCUT2D eigenvalue weighted by atomic mass is 9.91. The predicted molar refractivity (Wildman–Crippen MR) is 76.8 cm³/mol. The van der Waals surface area contributed by atoms with Crippen molar-refractivity contribution in [1.29, 1.82) is 0 Å². The zero-order valence-corrected chi connectivity index (χ0v) is 12.1. The quantitative estimate of drug-likeness (QED) is 0.754. The second-order valence-corrected chi connectivity index (χ2v) is 6.95. The summed E-state index contributed by atoms with van der Waals surface area (Å²) in [6.45, 7) is 6.29. The lowest BCUT2D eigenvalue weighted by molar-refractivity contribution is 0.0677. The standard InChI is InChI=1S/C16H30N2/c1-2-3-6-11-18-13-16(9-4-5-10-16)17-12-15(18)14-7-8-14/h14-15,17H,2-13H2,1H3. The predicted octanol–water partition coefficient (Wildman–Crippen LogP) is 3.17. The maximum atomic E-state index is 3.94. The van der Waals surface area contributed by atoms with Crippen LogP contribution in [0.4, 0.5) is 0 Å². The van der Waals surface area contributed by atoms with Crippen LogP contribution in [0, 0.1) is 5.92 Å². The van der Waals surface area contributed by atoms with Crippen LogP contribution in [0.25, 0.3) is 0 Å². The van der Waals surface area contributed by atoms with Gasteiger partial charge in [-0.3, -0.25) is 4.90 Å². The van der Waals surface area contributed by atoms with E-state index >= 15 is 0 Å². The molecule has 0 radical (unpaired) electrons. The first kappa shape index (κ1) is 12.9. The van der Waals surface area contributed by atoms with Crippen LogP contribution in [-0.2, 0) is 0 Å². The highest BCUT2D eigenvalue weighted by molar-refractivity contribution is 5.03. The van der Waals surface area contributed by atoms with E-state index in [1.54, 1.807) is 0 Å². The molecule has 3 fully saturated rings.